The number of alkyl halides is 3. The zero-order chi connectivity index (χ0) is 32.5. The smallest absolute Gasteiger partial charge is 0.417 e. The van der Waals surface area contributed by atoms with E-state index in [0.29, 0.717) is 25.3 Å². The third-order valence-corrected chi connectivity index (χ3v) is 9.18. The third kappa shape index (κ3) is 5.77. The second kappa shape index (κ2) is 11.0. The van der Waals surface area contributed by atoms with Gasteiger partial charge >= 0.3 is 12.3 Å². The number of likely N-dealkylation sites (N-methyl/N-ethyl adjacent to an activating group) is 1. The molecule has 2 aliphatic rings. The zero-order valence-electron chi connectivity index (χ0n) is 25.3. The first kappa shape index (κ1) is 32.1. The summed E-state index contributed by atoms with van der Waals surface area (Å²) in [6.07, 6.45) is -5.11. The van der Waals surface area contributed by atoms with Gasteiger partial charge in [-0.05, 0) is 76.6 Å². The predicted octanol–water partition coefficient (Wildman–Crippen LogP) is 4.86. The molecule has 0 spiro atoms. The lowest BCUT2D eigenvalue weighted by atomic mass is 9.90. The maximum Gasteiger partial charge on any atom is 0.417 e. The van der Waals surface area contributed by atoms with E-state index in [1.54, 1.807) is 20.8 Å². The number of amides is 2. The topological polar surface area (TPSA) is 123 Å². The quantitative estimate of drug-likeness (QED) is 0.378. The normalized spacial score (nSPS) is 20.8. The summed E-state index contributed by atoms with van der Waals surface area (Å²) >= 11 is 2.80. The summed E-state index contributed by atoms with van der Waals surface area (Å²) < 4.78 is 64.1. The van der Waals surface area contributed by atoms with E-state index in [0.717, 1.165) is 6.07 Å². The van der Waals surface area contributed by atoms with E-state index < -0.39 is 51.7 Å². The van der Waals surface area contributed by atoms with Crippen LogP contribution >= 0.6 is 15.9 Å². The summed E-state index contributed by atoms with van der Waals surface area (Å²) in [5, 5.41) is 8.61. The highest BCUT2D eigenvalue weighted by Gasteiger charge is 2.44. The van der Waals surface area contributed by atoms with Gasteiger partial charge in [0.15, 0.2) is 17.2 Å². The van der Waals surface area contributed by atoms with Crippen molar-refractivity contribution in [3.8, 4) is 0 Å². The van der Waals surface area contributed by atoms with Gasteiger partial charge in [-0.2, -0.15) is 13.2 Å². The molecule has 16 heteroatoms. The third-order valence-electron chi connectivity index (χ3n) is 8.41. The average Bonchev–Trinajstić information content (AvgIpc) is 3.31. The van der Waals surface area contributed by atoms with Crippen molar-refractivity contribution < 1.29 is 31.9 Å². The molecule has 2 aliphatic heterocycles. The van der Waals surface area contributed by atoms with Crippen molar-refractivity contribution in [3.63, 3.8) is 0 Å². The lowest BCUT2D eigenvalue weighted by Crippen LogP contribution is -2.67. The van der Waals surface area contributed by atoms with Crippen molar-refractivity contribution in [1.82, 2.24) is 29.8 Å². The summed E-state index contributed by atoms with van der Waals surface area (Å²) in [6.45, 7) is 8.46. The van der Waals surface area contributed by atoms with Gasteiger partial charge in [0.1, 0.15) is 16.6 Å². The number of carbonyl (C=O) groups excluding carboxylic acids is 2. The number of aromatic nitrogens is 4. The largest absolute Gasteiger partial charge is 0.444 e. The molecule has 44 heavy (non-hydrogen) atoms. The summed E-state index contributed by atoms with van der Waals surface area (Å²) in [5.41, 5.74) is 3.52. The van der Waals surface area contributed by atoms with Crippen molar-refractivity contribution in [2.45, 2.75) is 76.4 Å². The number of anilines is 1. The monoisotopic (exact) mass is 686 g/mol. The number of nitrogens with two attached hydrogens (primary N) is 1. The number of fused-ring (bicyclic) bond motifs is 3. The van der Waals surface area contributed by atoms with E-state index in [4.69, 9.17) is 10.5 Å². The first-order valence-electron chi connectivity index (χ1n) is 14.1. The number of pyridine rings is 1. The summed E-state index contributed by atoms with van der Waals surface area (Å²) in [5.74, 6) is -1.47. The van der Waals surface area contributed by atoms with E-state index in [9.17, 15) is 22.8 Å². The summed E-state index contributed by atoms with van der Waals surface area (Å²) in [4.78, 5) is 34.9. The van der Waals surface area contributed by atoms with Crippen LogP contribution in [0.5, 0.6) is 0 Å². The number of carbonyl (C=O) groups is 2. The lowest BCUT2D eigenvalue weighted by molar-refractivity contribution is -0.138. The Morgan fingerprint density at radius 1 is 1.20 bits per heavy atom. The van der Waals surface area contributed by atoms with Crippen molar-refractivity contribution in [1.29, 1.82) is 0 Å². The van der Waals surface area contributed by atoms with E-state index in [-0.39, 0.29) is 46.9 Å². The minimum atomic E-state index is -4.85. The number of benzene rings is 1. The molecular formula is C28H35BrF4N8O3. The first-order chi connectivity index (χ1) is 20.3. The molecule has 4 heterocycles. The molecular weight excluding hydrogens is 652 g/mol. The average molecular weight is 688 g/mol. The molecule has 0 saturated carbocycles. The van der Waals surface area contributed by atoms with E-state index >= 15 is 4.39 Å². The number of nitrogens with zero attached hydrogens (tertiary/aromatic N) is 7. The zero-order valence-corrected chi connectivity index (χ0v) is 26.9. The van der Waals surface area contributed by atoms with Crippen LogP contribution in [-0.2, 0) is 15.7 Å². The number of primary amides is 1. The van der Waals surface area contributed by atoms with Crippen LogP contribution in [0.25, 0.3) is 21.9 Å². The van der Waals surface area contributed by atoms with Gasteiger partial charge < -0.3 is 25.2 Å². The van der Waals surface area contributed by atoms with E-state index in [1.165, 1.54) is 9.58 Å². The molecule has 11 nitrogen and oxygen atoms in total. The molecule has 2 amide bonds. The predicted molar refractivity (Wildman–Crippen MR) is 159 cm³/mol. The van der Waals surface area contributed by atoms with Gasteiger partial charge in [-0.1, -0.05) is 5.21 Å². The fourth-order valence-electron chi connectivity index (χ4n) is 5.89. The van der Waals surface area contributed by atoms with Crippen molar-refractivity contribution in [3.05, 3.63) is 21.9 Å². The standard InChI is InChI=1S/C28H35BrF4N8O3/c1-26(2,3)44-25(43)40-8-7-14(9-15(40)10-18(34)42)41-23-16-11-17(28(31,32)33)19(29)20(30)21(16)35-24(22(23)36-37-41)39-12-27(4,13-39)38(5)6/h11,14-15H,7-10,12-13H2,1-6H3,(H2,34,42)/t14-,15-/m0/s1. The Morgan fingerprint density at radius 3 is 2.43 bits per heavy atom. The Morgan fingerprint density at radius 2 is 1.86 bits per heavy atom. The van der Waals surface area contributed by atoms with Gasteiger partial charge in [0, 0.05) is 37.5 Å². The Hall–Kier alpha value is -3.27. The fraction of sp³-hybridized carbons (Fsp3) is 0.607. The van der Waals surface area contributed by atoms with Gasteiger partial charge in [0.2, 0.25) is 5.91 Å². The molecule has 2 saturated heterocycles. The van der Waals surface area contributed by atoms with Gasteiger partial charge in [-0.3, -0.25) is 4.79 Å². The van der Waals surface area contributed by atoms with Crippen LogP contribution in [0.2, 0.25) is 0 Å². The van der Waals surface area contributed by atoms with Gasteiger partial charge in [-0.25, -0.2) is 18.9 Å². The molecule has 0 radical (unpaired) electrons. The SMILES string of the molecule is CN(C)C1(C)CN(c2nc3c(F)c(Br)c(C(F)(F)F)cc3c3c2nnn3[C@H]2CCN(C(=O)OC(C)(C)C)[C@H](CC(N)=O)C2)C1. The molecule has 0 bridgehead atoms. The Balaban J connectivity index is 1.65. The maximum atomic E-state index is 15.7. The molecule has 1 aromatic carbocycles. The highest BCUT2D eigenvalue weighted by molar-refractivity contribution is 9.10. The van der Waals surface area contributed by atoms with Crippen LogP contribution in [0.15, 0.2) is 10.5 Å². The molecule has 0 unspecified atom stereocenters. The number of ether oxygens (including phenoxy) is 1. The molecule has 240 valence electrons. The van der Waals surface area contributed by atoms with Crippen LogP contribution in [0.1, 0.15) is 58.6 Å². The molecule has 3 aromatic rings. The van der Waals surface area contributed by atoms with Gasteiger partial charge in [-0.15, -0.1) is 5.10 Å². The Kier molecular flexibility index (Phi) is 8.01. The second-order valence-corrected chi connectivity index (χ2v) is 13.8. The number of hydrogen-bond donors (Lipinski definition) is 1. The maximum absolute atomic E-state index is 15.7. The summed E-state index contributed by atoms with van der Waals surface area (Å²) in [6, 6.07) is -0.315. The lowest BCUT2D eigenvalue weighted by Gasteiger charge is -2.52. The molecule has 2 aromatic heterocycles. The number of hydrogen-bond acceptors (Lipinski definition) is 8. The molecule has 0 aliphatic carbocycles. The summed E-state index contributed by atoms with van der Waals surface area (Å²) in [7, 11) is 3.89. The molecule has 2 N–H and O–H groups in total. The van der Waals surface area contributed by atoms with Crippen LogP contribution in [0.3, 0.4) is 0 Å². The highest BCUT2D eigenvalue weighted by Crippen LogP contribution is 2.44. The number of halogens is 5. The van der Waals surface area contributed by atoms with Gasteiger partial charge in [0.25, 0.3) is 0 Å². The van der Waals surface area contributed by atoms with Crippen molar-refractivity contribution >= 4 is 55.7 Å². The van der Waals surface area contributed by atoms with E-state index in [1.807, 2.05) is 19.0 Å². The van der Waals surface area contributed by atoms with Crippen LogP contribution in [0.4, 0.5) is 28.2 Å². The highest BCUT2D eigenvalue weighted by atomic mass is 79.9. The number of rotatable bonds is 5. The van der Waals surface area contributed by atoms with Crippen molar-refractivity contribution in [2.75, 3.05) is 38.6 Å². The van der Waals surface area contributed by atoms with Crippen LogP contribution in [0, 0.1) is 5.82 Å². The second-order valence-electron chi connectivity index (χ2n) is 13.0. The fourth-order valence-corrected chi connectivity index (χ4v) is 6.42. The van der Waals surface area contributed by atoms with Gasteiger partial charge in [0.05, 0.1) is 21.6 Å². The molecule has 2 fully saturated rings. The molecule has 5 rings (SSSR count). The Labute approximate surface area is 259 Å². The van der Waals surface area contributed by atoms with E-state index in [2.05, 4.69) is 43.0 Å². The first-order valence-corrected chi connectivity index (χ1v) is 14.9. The minimum absolute atomic E-state index is 0.0984. The minimum Gasteiger partial charge on any atom is -0.444 e. The number of piperidine rings is 1. The Bertz CT molecular complexity index is 1630. The van der Waals surface area contributed by atoms with Crippen molar-refractivity contribution in [2.24, 2.45) is 5.73 Å². The van der Waals surface area contributed by atoms with Crippen LogP contribution in [-0.4, -0.2) is 92.7 Å². The van der Waals surface area contributed by atoms with Crippen LogP contribution < -0.4 is 10.6 Å². The molecule has 2 atom stereocenters. The number of likely N-dealkylation sites (tertiary alicyclic amines) is 1.